The molecule has 12 nitrogen and oxygen atoms in total. The number of hydrogen-bond acceptors (Lipinski definition) is 8. The number of amides is 1. The number of H-pyrrole nitrogens is 1. The second-order valence-electron chi connectivity index (χ2n) is 7.84. The maximum Gasteiger partial charge on any atom is 0.276 e. The van der Waals surface area contributed by atoms with Crippen LogP contribution in [0.2, 0.25) is 0 Å². The molecule has 0 bridgehead atoms. The number of aliphatic imine (C=N–C) groups is 1. The van der Waals surface area contributed by atoms with Crippen molar-refractivity contribution in [3.8, 4) is 11.8 Å². The van der Waals surface area contributed by atoms with Gasteiger partial charge in [0, 0.05) is 21.1 Å². The molecular formula is C21H27N7O5S. The van der Waals surface area contributed by atoms with Crippen molar-refractivity contribution >= 4 is 44.6 Å². The summed E-state index contributed by atoms with van der Waals surface area (Å²) in [5.74, 6) is -1.50. The lowest BCUT2D eigenvalue weighted by Gasteiger charge is -2.19. The van der Waals surface area contributed by atoms with Gasteiger partial charge in [-0.1, -0.05) is 37.3 Å². The van der Waals surface area contributed by atoms with E-state index in [2.05, 4.69) is 24.8 Å². The number of benzene rings is 1. The second-order valence-corrected chi connectivity index (χ2v) is 9.49. The van der Waals surface area contributed by atoms with Crippen LogP contribution >= 0.6 is 0 Å². The smallest absolute Gasteiger partial charge is 0.276 e. The Morgan fingerprint density at radius 2 is 1.88 bits per heavy atom. The van der Waals surface area contributed by atoms with Gasteiger partial charge in [0.1, 0.15) is 5.69 Å². The van der Waals surface area contributed by atoms with Crippen molar-refractivity contribution in [1.82, 2.24) is 14.9 Å². The number of hydrogen-bond donors (Lipinski definition) is 4. The number of nitrogens with one attached hydrogen (secondary N) is 2. The molecule has 13 heteroatoms. The molecule has 0 spiro atoms. The summed E-state index contributed by atoms with van der Waals surface area (Å²) < 4.78 is 27.6. The third kappa shape index (κ3) is 5.20. The summed E-state index contributed by atoms with van der Waals surface area (Å²) in [5, 5.41) is 29.3. The maximum atomic E-state index is 12.6. The lowest BCUT2D eigenvalue weighted by atomic mass is 10.0. The second kappa shape index (κ2) is 9.55. The van der Waals surface area contributed by atoms with Crippen LogP contribution in [-0.2, 0) is 14.8 Å². The van der Waals surface area contributed by atoms with E-state index >= 15 is 0 Å². The molecule has 0 aliphatic carbocycles. The van der Waals surface area contributed by atoms with E-state index in [1.54, 1.807) is 0 Å². The Hall–Kier alpha value is -3.87. The van der Waals surface area contributed by atoms with Crippen LogP contribution < -0.4 is 5.32 Å². The van der Waals surface area contributed by atoms with Gasteiger partial charge in [-0.05, 0) is 12.0 Å². The minimum Gasteiger partial charge on any atom is -0.493 e. The van der Waals surface area contributed by atoms with Crippen LogP contribution in [0.5, 0.6) is 11.8 Å². The standard InChI is InChI=1S/C21H27N7O5S/c1-6-13(12-10-8-7-9-11-12)22-15-16(20(30)24-19(15)29)23-18-14(26-34(5,32)33)17(25-28(18)4)21(31)27(2)3/h7-11,13,22,24,29-30H,6H2,1-5H3. The first-order valence-corrected chi connectivity index (χ1v) is 12.2. The molecule has 1 aliphatic rings. The Bertz CT molecular complexity index is 1280. The molecule has 1 aromatic heterocycles. The lowest BCUT2D eigenvalue weighted by Crippen LogP contribution is -2.36. The van der Waals surface area contributed by atoms with E-state index in [-0.39, 0.29) is 40.6 Å². The zero-order chi connectivity index (χ0) is 25.2. The molecule has 2 heterocycles. The molecule has 2 aromatic rings. The van der Waals surface area contributed by atoms with Crippen LogP contribution in [0.1, 0.15) is 24.9 Å². The fourth-order valence-corrected chi connectivity index (χ4v) is 3.83. The first-order valence-electron chi connectivity index (χ1n) is 10.3. The molecule has 0 radical (unpaired) electrons. The van der Waals surface area contributed by atoms with E-state index < -0.39 is 21.8 Å². The normalized spacial score (nSPS) is 17.2. The molecule has 182 valence electrons. The molecule has 34 heavy (non-hydrogen) atoms. The van der Waals surface area contributed by atoms with Gasteiger partial charge in [-0.25, -0.2) is 18.4 Å². The van der Waals surface area contributed by atoms with Crippen LogP contribution in [0, 0.1) is 0 Å². The van der Waals surface area contributed by atoms with Gasteiger partial charge >= 0.3 is 0 Å². The van der Waals surface area contributed by atoms with Crippen LogP contribution in [0.25, 0.3) is 0 Å². The van der Waals surface area contributed by atoms with E-state index in [0.29, 0.717) is 6.42 Å². The van der Waals surface area contributed by atoms with E-state index in [1.807, 2.05) is 37.3 Å². The minimum absolute atomic E-state index is 0.0938. The molecule has 0 fully saturated rings. The van der Waals surface area contributed by atoms with Crippen molar-refractivity contribution in [2.75, 3.05) is 32.7 Å². The third-order valence-electron chi connectivity index (χ3n) is 4.94. The molecule has 1 aliphatic heterocycles. The average molecular weight is 490 g/mol. The number of amidine groups is 1. The molecule has 1 atom stereocenters. The van der Waals surface area contributed by atoms with Crippen molar-refractivity contribution < 1.29 is 23.4 Å². The minimum atomic E-state index is -3.93. The number of rotatable bonds is 7. The average Bonchev–Trinajstić information content (AvgIpc) is 3.20. The monoisotopic (exact) mass is 489 g/mol. The number of carbonyl (C=O) groups excluding carboxylic acids is 1. The third-order valence-corrected chi connectivity index (χ3v) is 5.45. The van der Waals surface area contributed by atoms with Gasteiger partial charge in [-0.3, -0.25) is 9.78 Å². The first kappa shape index (κ1) is 24.8. The van der Waals surface area contributed by atoms with Gasteiger partial charge < -0.3 is 20.4 Å². The van der Waals surface area contributed by atoms with Gasteiger partial charge in [0.2, 0.25) is 11.8 Å². The molecule has 0 saturated carbocycles. The van der Waals surface area contributed by atoms with Gasteiger partial charge in [0.15, 0.2) is 22.9 Å². The summed E-state index contributed by atoms with van der Waals surface area (Å²) in [4.78, 5) is 20.6. The Kier molecular flexibility index (Phi) is 6.96. The van der Waals surface area contributed by atoms with E-state index in [4.69, 9.17) is 0 Å². The molecule has 3 rings (SSSR count). The lowest BCUT2D eigenvalue weighted by molar-refractivity contribution is -0.121. The van der Waals surface area contributed by atoms with Crippen molar-refractivity contribution in [1.29, 1.82) is 0 Å². The van der Waals surface area contributed by atoms with Crippen molar-refractivity contribution in [3.05, 3.63) is 35.9 Å². The summed E-state index contributed by atoms with van der Waals surface area (Å²) in [6, 6.07) is 9.27. The highest BCUT2D eigenvalue weighted by atomic mass is 32.2. The van der Waals surface area contributed by atoms with Gasteiger partial charge in [-0.2, -0.15) is 9.50 Å². The predicted octanol–water partition coefficient (Wildman–Crippen LogP) is 1.81. The summed E-state index contributed by atoms with van der Waals surface area (Å²) in [6.45, 7) is 1.95. The zero-order valence-corrected chi connectivity index (χ0v) is 20.3. The maximum absolute atomic E-state index is 12.6. The Balaban J connectivity index is 2.11. The summed E-state index contributed by atoms with van der Waals surface area (Å²) in [7, 11) is 0.513. The van der Waals surface area contributed by atoms with E-state index in [0.717, 1.165) is 11.8 Å². The largest absolute Gasteiger partial charge is 0.493 e. The number of aromatic hydroxyl groups is 2. The number of aromatic amines is 1. The number of sulfonamides is 1. The summed E-state index contributed by atoms with van der Waals surface area (Å²) in [5.41, 5.74) is 0.457. The molecular weight excluding hydrogens is 462 g/mol. The highest BCUT2D eigenvalue weighted by molar-refractivity contribution is 7.89. The van der Waals surface area contributed by atoms with Gasteiger partial charge in [-0.15, -0.1) is 0 Å². The Morgan fingerprint density at radius 3 is 2.44 bits per heavy atom. The fraction of sp³-hybridized carbons (Fsp3) is 0.333. The number of nitrogens with zero attached hydrogens (tertiary/aromatic N) is 5. The molecule has 1 aromatic carbocycles. The Labute approximate surface area is 197 Å². The number of anilines is 1. The molecule has 1 amide bonds. The Morgan fingerprint density at radius 1 is 1.24 bits per heavy atom. The quantitative estimate of drug-likeness (QED) is 0.461. The fourth-order valence-electron chi connectivity index (χ4n) is 3.33. The number of hydrazone groups is 1. The van der Waals surface area contributed by atoms with Crippen molar-refractivity contribution in [2.24, 2.45) is 14.5 Å². The van der Waals surface area contributed by atoms with Crippen LogP contribution in [0.3, 0.4) is 0 Å². The van der Waals surface area contributed by atoms with E-state index in [1.165, 1.54) is 31.1 Å². The number of carbonyl (C=O) groups is 1. The van der Waals surface area contributed by atoms with Crippen LogP contribution in [-0.4, -0.2) is 84.1 Å². The van der Waals surface area contributed by atoms with Crippen LogP contribution in [0.15, 0.2) is 44.8 Å². The van der Waals surface area contributed by atoms with Crippen molar-refractivity contribution in [3.63, 3.8) is 0 Å². The first-order chi connectivity index (χ1) is 15.9. The van der Waals surface area contributed by atoms with E-state index in [9.17, 15) is 23.4 Å². The van der Waals surface area contributed by atoms with Gasteiger partial charge in [0.25, 0.3) is 15.9 Å². The van der Waals surface area contributed by atoms with Crippen LogP contribution in [0.4, 0.5) is 11.4 Å². The molecule has 0 saturated heterocycles. The number of aromatic nitrogens is 1. The van der Waals surface area contributed by atoms with Crippen molar-refractivity contribution in [2.45, 2.75) is 19.4 Å². The topological polar surface area (TPSA) is 163 Å². The summed E-state index contributed by atoms with van der Waals surface area (Å²) >= 11 is 0. The zero-order valence-electron chi connectivity index (χ0n) is 19.4. The summed E-state index contributed by atoms with van der Waals surface area (Å²) in [6.07, 6.45) is 1.53. The molecule has 4 N–H and O–H groups in total. The SMILES string of the molecule is CCC(Nc1c(O)[nH]c(O)c1N=C1C(=NS(C)(=O)=O)C(C(=O)N(C)C)=NN1C)c1ccccc1. The van der Waals surface area contributed by atoms with Gasteiger partial charge in [0.05, 0.1) is 12.3 Å². The predicted molar refractivity (Wildman–Crippen MR) is 130 cm³/mol. The highest BCUT2D eigenvalue weighted by Crippen LogP contribution is 2.44. The molecule has 1 unspecified atom stereocenters. The highest BCUT2D eigenvalue weighted by Gasteiger charge is 2.35.